The van der Waals surface area contributed by atoms with Crippen molar-refractivity contribution >= 4 is 17.6 Å². The first-order chi connectivity index (χ1) is 18.6. The van der Waals surface area contributed by atoms with Gasteiger partial charge in [-0.3, -0.25) is 4.79 Å². The second kappa shape index (κ2) is 10.5. The molecule has 39 heavy (non-hydrogen) atoms. The molecule has 0 aromatic carbocycles. The predicted molar refractivity (Wildman–Crippen MR) is 145 cm³/mol. The number of nitrogens with zero attached hydrogens (tertiary/aromatic N) is 2. The van der Waals surface area contributed by atoms with Gasteiger partial charge in [0.05, 0.1) is 19.1 Å². The van der Waals surface area contributed by atoms with E-state index in [4.69, 9.17) is 16.0 Å². The standard InChI is InChI=1S/C30H40N4O5/c1-5-30(37)13-10-24-22-7-6-19-14-20(8-11-28(19,2)23(22)9-12-29(24,30)3)34-39-17-26(35)33-25(27(36)38-4)15-21-16-31-18-32-21/h1,14,16,18,22-25,37H,6-13,15,17H2,2-4H3,(H,31,32)(H,33,35)/b34-20-/t22-,23+,24+,25+,28+,29+,30-/m1/s1. The Hall–Kier alpha value is -3.12. The molecule has 3 N–H and O–H groups in total. The van der Waals surface area contributed by atoms with Crippen molar-refractivity contribution in [2.45, 2.75) is 83.3 Å². The molecule has 4 aliphatic carbocycles. The van der Waals surface area contributed by atoms with Gasteiger partial charge in [0.2, 0.25) is 0 Å². The molecule has 5 rings (SSSR count). The molecule has 0 unspecified atom stereocenters. The second-order valence-corrected chi connectivity index (χ2v) is 12.3. The van der Waals surface area contributed by atoms with Gasteiger partial charge in [-0.15, -0.1) is 6.42 Å². The van der Waals surface area contributed by atoms with Crippen LogP contribution in [-0.2, 0) is 25.6 Å². The molecule has 9 nitrogen and oxygen atoms in total. The summed E-state index contributed by atoms with van der Waals surface area (Å²) in [4.78, 5) is 36.9. The third-order valence-electron chi connectivity index (χ3n) is 10.5. The molecular formula is C30H40N4O5. The number of carbonyl (C=O) groups is 2. The number of nitrogens with one attached hydrogen (secondary N) is 2. The summed E-state index contributed by atoms with van der Waals surface area (Å²) in [5.41, 5.74) is 1.91. The highest BCUT2D eigenvalue weighted by molar-refractivity contribution is 5.96. The van der Waals surface area contributed by atoms with Crippen LogP contribution in [0.25, 0.3) is 0 Å². The van der Waals surface area contributed by atoms with Gasteiger partial charge in [-0.2, -0.15) is 0 Å². The second-order valence-electron chi connectivity index (χ2n) is 12.3. The Balaban J connectivity index is 1.20. The lowest BCUT2D eigenvalue weighted by Gasteiger charge is -2.58. The summed E-state index contributed by atoms with van der Waals surface area (Å²) in [6.45, 7) is 4.33. The molecule has 7 atom stereocenters. The molecule has 210 valence electrons. The molecule has 1 amide bonds. The number of hydrogen-bond acceptors (Lipinski definition) is 7. The van der Waals surface area contributed by atoms with Gasteiger partial charge in [-0.25, -0.2) is 9.78 Å². The first-order valence-corrected chi connectivity index (χ1v) is 14.1. The van der Waals surface area contributed by atoms with Gasteiger partial charge in [-0.05, 0) is 80.6 Å². The minimum Gasteiger partial charge on any atom is -0.467 e. The number of esters is 1. The monoisotopic (exact) mass is 536 g/mol. The number of amides is 1. The number of aliphatic hydroxyl groups is 1. The van der Waals surface area contributed by atoms with E-state index in [2.05, 4.69) is 46.3 Å². The lowest BCUT2D eigenvalue weighted by atomic mass is 9.46. The lowest BCUT2D eigenvalue weighted by Crippen LogP contribution is -2.54. The van der Waals surface area contributed by atoms with E-state index in [0.29, 0.717) is 29.9 Å². The zero-order valence-electron chi connectivity index (χ0n) is 23.2. The fraction of sp³-hybridized carbons (Fsp3) is 0.667. The zero-order chi connectivity index (χ0) is 27.8. The van der Waals surface area contributed by atoms with Crippen LogP contribution in [0.4, 0.5) is 0 Å². The molecule has 0 radical (unpaired) electrons. The van der Waals surface area contributed by atoms with Crippen molar-refractivity contribution < 1.29 is 24.3 Å². The number of H-pyrrole nitrogens is 1. The topological polar surface area (TPSA) is 126 Å². The molecule has 1 aromatic heterocycles. The molecule has 1 aromatic rings. The molecule has 0 bridgehead atoms. The number of aromatic nitrogens is 2. The van der Waals surface area contributed by atoms with Crippen LogP contribution in [0.1, 0.15) is 70.9 Å². The van der Waals surface area contributed by atoms with Crippen molar-refractivity contribution in [3.63, 3.8) is 0 Å². The van der Waals surface area contributed by atoms with Crippen LogP contribution in [0.3, 0.4) is 0 Å². The molecule has 4 aliphatic rings. The van der Waals surface area contributed by atoms with E-state index in [1.54, 1.807) is 6.20 Å². The SMILES string of the molecule is C#C[C@@]1(O)CC[C@H]2[C@@H]3CCC4=C/C(=N\OCC(=O)N[C@@H](Cc5cnc[nH]5)C(=O)OC)CC[C@]4(C)[C@H]3CC[C@@]21C. The van der Waals surface area contributed by atoms with E-state index in [-0.39, 0.29) is 23.9 Å². The average molecular weight is 537 g/mol. The van der Waals surface area contributed by atoms with Crippen LogP contribution in [-0.4, -0.2) is 58.0 Å². The van der Waals surface area contributed by atoms with Crippen LogP contribution in [0, 0.1) is 40.9 Å². The smallest absolute Gasteiger partial charge is 0.328 e. The van der Waals surface area contributed by atoms with E-state index in [9.17, 15) is 14.7 Å². The number of carbonyl (C=O) groups excluding carboxylic acids is 2. The van der Waals surface area contributed by atoms with Gasteiger partial charge < -0.3 is 25.0 Å². The summed E-state index contributed by atoms with van der Waals surface area (Å²) < 4.78 is 4.82. The molecule has 1 heterocycles. The Morgan fingerprint density at radius 3 is 2.77 bits per heavy atom. The normalized spacial score (nSPS) is 36.9. The summed E-state index contributed by atoms with van der Waals surface area (Å²) in [6, 6.07) is -0.847. The van der Waals surface area contributed by atoms with E-state index >= 15 is 0 Å². The molecular weight excluding hydrogens is 496 g/mol. The van der Waals surface area contributed by atoms with Gasteiger partial charge in [0.1, 0.15) is 11.6 Å². The molecule has 0 aliphatic heterocycles. The summed E-state index contributed by atoms with van der Waals surface area (Å²) in [7, 11) is 1.28. The lowest BCUT2D eigenvalue weighted by molar-refractivity contribution is -0.145. The molecule has 3 saturated carbocycles. The van der Waals surface area contributed by atoms with Gasteiger partial charge in [-0.1, -0.05) is 30.5 Å². The Bertz CT molecular complexity index is 1200. The molecule has 0 saturated heterocycles. The average Bonchev–Trinajstić information content (AvgIpc) is 3.53. The third-order valence-corrected chi connectivity index (χ3v) is 10.5. The van der Waals surface area contributed by atoms with Crippen molar-refractivity contribution in [1.29, 1.82) is 0 Å². The van der Waals surface area contributed by atoms with E-state index in [1.807, 2.05) is 0 Å². The number of imidazole rings is 1. The van der Waals surface area contributed by atoms with Crippen molar-refractivity contribution in [1.82, 2.24) is 15.3 Å². The number of oxime groups is 1. The van der Waals surface area contributed by atoms with Crippen LogP contribution in [0.15, 0.2) is 29.3 Å². The number of ether oxygens (including phenoxy) is 1. The fourth-order valence-electron chi connectivity index (χ4n) is 8.26. The highest BCUT2D eigenvalue weighted by Gasteiger charge is 2.63. The molecule has 3 fully saturated rings. The van der Waals surface area contributed by atoms with Gasteiger partial charge >= 0.3 is 5.97 Å². The Morgan fingerprint density at radius 2 is 2.05 bits per heavy atom. The zero-order valence-corrected chi connectivity index (χ0v) is 23.2. The maximum absolute atomic E-state index is 12.5. The number of terminal acetylenes is 1. The maximum atomic E-state index is 12.5. The minimum absolute atomic E-state index is 0.109. The Labute approximate surface area is 230 Å². The van der Waals surface area contributed by atoms with Gasteiger partial charge in [0.25, 0.3) is 5.91 Å². The predicted octanol–water partition coefficient (Wildman–Crippen LogP) is 3.31. The quantitative estimate of drug-likeness (QED) is 0.279. The number of hydrogen-bond donors (Lipinski definition) is 3. The van der Waals surface area contributed by atoms with Crippen LogP contribution in [0.5, 0.6) is 0 Å². The first-order valence-electron chi connectivity index (χ1n) is 14.1. The minimum atomic E-state index is -0.981. The number of rotatable bonds is 7. The summed E-state index contributed by atoms with van der Waals surface area (Å²) >= 11 is 0. The molecule has 0 spiro atoms. The summed E-state index contributed by atoms with van der Waals surface area (Å²) in [6.07, 6.45) is 19.0. The van der Waals surface area contributed by atoms with Crippen LogP contribution < -0.4 is 5.32 Å². The van der Waals surface area contributed by atoms with Crippen LogP contribution in [0.2, 0.25) is 0 Å². The van der Waals surface area contributed by atoms with Crippen molar-refractivity contribution in [3.05, 3.63) is 29.9 Å². The van der Waals surface area contributed by atoms with Crippen LogP contribution >= 0.6 is 0 Å². The van der Waals surface area contributed by atoms with Crippen molar-refractivity contribution in [2.24, 2.45) is 33.7 Å². The van der Waals surface area contributed by atoms with Gasteiger partial charge in [0.15, 0.2) is 6.61 Å². The first kappa shape index (κ1) is 27.4. The Morgan fingerprint density at radius 1 is 1.26 bits per heavy atom. The third kappa shape index (κ3) is 4.77. The fourth-order valence-corrected chi connectivity index (χ4v) is 8.26. The summed E-state index contributed by atoms with van der Waals surface area (Å²) in [5, 5.41) is 18.2. The van der Waals surface area contributed by atoms with E-state index < -0.39 is 23.5 Å². The van der Waals surface area contributed by atoms with E-state index in [0.717, 1.165) is 50.7 Å². The Kier molecular flexibility index (Phi) is 7.36. The van der Waals surface area contributed by atoms with Gasteiger partial charge in [0, 0.05) is 23.7 Å². The number of aromatic amines is 1. The van der Waals surface area contributed by atoms with Crippen molar-refractivity contribution in [2.75, 3.05) is 13.7 Å². The molecule has 9 heteroatoms. The van der Waals surface area contributed by atoms with E-state index in [1.165, 1.54) is 19.0 Å². The highest BCUT2D eigenvalue weighted by Crippen LogP contribution is 2.67. The summed E-state index contributed by atoms with van der Waals surface area (Å²) in [5.74, 6) is 3.40. The maximum Gasteiger partial charge on any atom is 0.328 e. The highest BCUT2D eigenvalue weighted by atomic mass is 16.6. The number of methoxy groups -OCH3 is 1. The largest absolute Gasteiger partial charge is 0.467 e. The number of fused-ring (bicyclic) bond motifs is 5. The van der Waals surface area contributed by atoms with Crippen molar-refractivity contribution in [3.8, 4) is 12.3 Å². The number of allylic oxidation sites excluding steroid dienone is 2.